The number of hydrogen-bond donors (Lipinski definition) is 1. The highest BCUT2D eigenvalue weighted by Gasteiger charge is 2.07. The SMILES string of the molecule is O=C(CSc1ccccc1F)NCc1ccc(Oc2cccc(F)c2)nc1. The Kier molecular flexibility index (Phi) is 6.38. The van der Waals surface area contributed by atoms with Gasteiger partial charge >= 0.3 is 0 Å². The molecule has 0 aliphatic heterocycles. The number of rotatable bonds is 7. The van der Waals surface area contributed by atoms with E-state index in [4.69, 9.17) is 4.74 Å². The second kappa shape index (κ2) is 9.14. The Morgan fingerprint density at radius 2 is 1.93 bits per heavy atom. The van der Waals surface area contributed by atoms with Crippen LogP contribution in [0.2, 0.25) is 0 Å². The van der Waals surface area contributed by atoms with E-state index in [1.54, 1.807) is 48.7 Å². The van der Waals surface area contributed by atoms with Crippen LogP contribution in [-0.2, 0) is 11.3 Å². The summed E-state index contributed by atoms with van der Waals surface area (Å²) in [6, 6.07) is 15.5. The molecule has 3 aromatic rings. The molecule has 27 heavy (non-hydrogen) atoms. The number of hydrogen-bond acceptors (Lipinski definition) is 4. The van der Waals surface area contributed by atoms with E-state index >= 15 is 0 Å². The predicted octanol–water partition coefficient (Wildman–Crippen LogP) is 4.56. The molecule has 0 saturated heterocycles. The van der Waals surface area contributed by atoms with Crippen LogP contribution in [0.5, 0.6) is 11.6 Å². The fourth-order valence-electron chi connectivity index (χ4n) is 2.18. The molecule has 0 atom stereocenters. The number of thioether (sulfide) groups is 1. The average Bonchev–Trinajstić information content (AvgIpc) is 2.67. The average molecular weight is 386 g/mol. The van der Waals surface area contributed by atoms with Crippen LogP contribution in [0.1, 0.15) is 5.56 Å². The van der Waals surface area contributed by atoms with Gasteiger partial charge in [0.05, 0.1) is 5.75 Å². The lowest BCUT2D eigenvalue weighted by Gasteiger charge is -2.07. The van der Waals surface area contributed by atoms with E-state index in [9.17, 15) is 13.6 Å². The molecule has 0 spiro atoms. The fourth-order valence-corrected chi connectivity index (χ4v) is 2.95. The molecule has 138 valence electrons. The van der Waals surface area contributed by atoms with E-state index in [1.165, 1.54) is 18.2 Å². The van der Waals surface area contributed by atoms with Crippen molar-refractivity contribution < 1.29 is 18.3 Å². The van der Waals surface area contributed by atoms with Crippen molar-refractivity contribution in [2.75, 3.05) is 5.75 Å². The Bertz CT molecular complexity index is 920. The number of amides is 1. The predicted molar refractivity (Wildman–Crippen MR) is 99.7 cm³/mol. The number of benzene rings is 2. The molecule has 0 aliphatic carbocycles. The second-order valence-electron chi connectivity index (χ2n) is 5.56. The highest BCUT2D eigenvalue weighted by molar-refractivity contribution is 8.00. The van der Waals surface area contributed by atoms with Gasteiger partial charge in [-0.1, -0.05) is 24.3 Å². The number of halogens is 2. The number of ether oxygens (including phenoxy) is 1. The van der Waals surface area contributed by atoms with Crippen LogP contribution in [0.3, 0.4) is 0 Å². The van der Waals surface area contributed by atoms with Gasteiger partial charge in [0.2, 0.25) is 11.8 Å². The van der Waals surface area contributed by atoms with Gasteiger partial charge < -0.3 is 10.1 Å². The van der Waals surface area contributed by atoms with Crippen LogP contribution in [0, 0.1) is 11.6 Å². The van der Waals surface area contributed by atoms with Crippen molar-refractivity contribution >= 4 is 17.7 Å². The highest BCUT2D eigenvalue weighted by Crippen LogP contribution is 2.21. The number of aromatic nitrogens is 1. The molecule has 0 radical (unpaired) electrons. The normalized spacial score (nSPS) is 10.4. The van der Waals surface area contributed by atoms with E-state index in [2.05, 4.69) is 10.3 Å². The van der Waals surface area contributed by atoms with Gasteiger partial charge in [-0.05, 0) is 29.8 Å². The van der Waals surface area contributed by atoms with Gasteiger partial charge in [0, 0.05) is 29.8 Å². The molecule has 0 fully saturated rings. The van der Waals surface area contributed by atoms with Gasteiger partial charge in [-0.2, -0.15) is 0 Å². The molecule has 4 nitrogen and oxygen atoms in total. The molecule has 0 aliphatic rings. The van der Waals surface area contributed by atoms with E-state index in [0.717, 1.165) is 17.3 Å². The van der Waals surface area contributed by atoms with Crippen LogP contribution in [0.15, 0.2) is 71.8 Å². The zero-order valence-electron chi connectivity index (χ0n) is 14.2. The summed E-state index contributed by atoms with van der Waals surface area (Å²) in [4.78, 5) is 16.5. The third-order valence-corrected chi connectivity index (χ3v) is 4.55. The monoisotopic (exact) mass is 386 g/mol. The summed E-state index contributed by atoms with van der Waals surface area (Å²) in [5.74, 6) is -0.133. The standard InChI is InChI=1S/C20H16F2N2O2S/c21-15-4-3-5-16(10-15)26-20-9-8-14(12-24-20)11-23-19(25)13-27-18-7-2-1-6-17(18)22/h1-10,12H,11,13H2,(H,23,25). The molecule has 7 heteroatoms. The Labute approximate surface area is 159 Å². The molecule has 1 N–H and O–H groups in total. The van der Waals surface area contributed by atoms with Gasteiger partial charge in [0.25, 0.3) is 0 Å². The largest absolute Gasteiger partial charge is 0.439 e. The van der Waals surface area contributed by atoms with Gasteiger partial charge in [0.1, 0.15) is 17.4 Å². The zero-order chi connectivity index (χ0) is 19.1. The lowest BCUT2D eigenvalue weighted by Crippen LogP contribution is -2.24. The van der Waals surface area contributed by atoms with Crippen LogP contribution in [0.4, 0.5) is 8.78 Å². The van der Waals surface area contributed by atoms with Crippen LogP contribution in [-0.4, -0.2) is 16.6 Å². The minimum atomic E-state index is -0.389. The first kappa shape index (κ1) is 18.8. The summed E-state index contributed by atoms with van der Waals surface area (Å²) < 4.78 is 32.1. The molecule has 0 unspecified atom stereocenters. The lowest BCUT2D eigenvalue weighted by molar-refractivity contribution is -0.118. The maximum Gasteiger partial charge on any atom is 0.230 e. The molecule has 3 rings (SSSR count). The topological polar surface area (TPSA) is 51.2 Å². The molecule has 1 aromatic heterocycles. The molecular weight excluding hydrogens is 370 g/mol. The summed E-state index contributed by atoms with van der Waals surface area (Å²) in [5, 5.41) is 2.75. The van der Waals surface area contributed by atoms with Gasteiger partial charge in [-0.25, -0.2) is 13.8 Å². The summed E-state index contributed by atoms with van der Waals surface area (Å²) in [6.07, 6.45) is 1.57. The minimum Gasteiger partial charge on any atom is -0.439 e. The second-order valence-corrected chi connectivity index (χ2v) is 6.58. The van der Waals surface area contributed by atoms with Crippen LogP contribution < -0.4 is 10.1 Å². The van der Waals surface area contributed by atoms with Crippen molar-refractivity contribution in [3.8, 4) is 11.6 Å². The fraction of sp³-hybridized carbons (Fsp3) is 0.100. The van der Waals surface area contributed by atoms with Gasteiger partial charge in [-0.15, -0.1) is 11.8 Å². The van der Waals surface area contributed by atoms with Crippen LogP contribution in [0.25, 0.3) is 0 Å². The smallest absolute Gasteiger partial charge is 0.230 e. The van der Waals surface area contributed by atoms with Crippen LogP contribution >= 0.6 is 11.8 Å². The number of carbonyl (C=O) groups is 1. The van der Waals surface area contributed by atoms with E-state index in [-0.39, 0.29) is 23.3 Å². The molecule has 0 bridgehead atoms. The minimum absolute atomic E-state index is 0.120. The third kappa shape index (κ3) is 5.79. The first-order valence-electron chi connectivity index (χ1n) is 8.12. The Hall–Kier alpha value is -2.93. The molecule has 1 heterocycles. The number of nitrogens with zero attached hydrogens (tertiary/aromatic N) is 1. The van der Waals surface area contributed by atoms with Crippen molar-refractivity contribution in [1.82, 2.24) is 10.3 Å². The Balaban J connectivity index is 1.47. The summed E-state index contributed by atoms with van der Waals surface area (Å²) >= 11 is 1.14. The van der Waals surface area contributed by atoms with Crippen molar-refractivity contribution in [3.05, 3.63) is 84.1 Å². The summed E-state index contributed by atoms with van der Waals surface area (Å²) in [5.41, 5.74) is 0.783. The van der Waals surface area contributed by atoms with Crippen molar-refractivity contribution in [1.29, 1.82) is 0 Å². The van der Waals surface area contributed by atoms with E-state index in [0.29, 0.717) is 23.1 Å². The first-order valence-corrected chi connectivity index (χ1v) is 9.11. The number of carbonyl (C=O) groups excluding carboxylic acids is 1. The molecular formula is C20H16F2N2O2S. The Morgan fingerprint density at radius 3 is 2.67 bits per heavy atom. The molecule has 2 aromatic carbocycles. The number of nitrogens with one attached hydrogen (secondary N) is 1. The Morgan fingerprint density at radius 1 is 1.07 bits per heavy atom. The van der Waals surface area contributed by atoms with Gasteiger partial charge in [-0.3, -0.25) is 4.79 Å². The summed E-state index contributed by atoms with van der Waals surface area (Å²) in [7, 11) is 0. The van der Waals surface area contributed by atoms with E-state index < -0.39 is 0 Å². The molecule has 0 saturated carbocycles. The maximum absolute atomic E-state index is 13.5. The quantitative estimate of drug-likeness (QED) is 0.605. The van der Waals surface area contributed by atoms with Gasteiger partial charge in [0.15, 0.2) is 0 Å². The zero-order valence-corrected chi connectivity index (χ0v) is 15.0. The van der Waals surface area contributed by atoms with E-state index in [1.807, 2.05) is 0 Å². The first-order chi connectivity index (χ1) is 13.1. The number of pyridine rings is 1. The molecule has 1 amide bonds. The van der Waals surface area contributed by atoms with Crippen molar-refractivity contribution in [3.63, 3.8) is 0 Å². The highest BCUT2D eigenvalue weighted by atomic mass is 32.2. The lowest BCUT2D eigenvalue weighted by atomic mass is 10.3. The van der Waals surface area contributed by atoms with Crippen molar-refractivity contribution in [2.24, 2.45) is 0 Å². The summed E-state index contributed by atoms with van der Waals surface area (Å²) in [6.45, 7) is 0.296. The van der Waals surface area contributed by atoms with Crippen molar-refractivity contribution in [2.45, 2.75) is 11.4 Å². The maximum atomic E-state index is 13.5. The third-order valence-electron chi connectivity index (χ3n) is 3.50.